The van der Waals surface area contributed by atoms with Crippen LogP contribution in [-0.2, 0) is 0 Å². The Morgan fingerprint density at radius 3 is 2.82 bits per heavy atom. The molecule has 4 nitrogen and oxygen atoms in total. The number of aliphatic hydroxyl groups excluding tert-OH is 1. The van der Waals surface area contributed by atoms with E-state index in [1.807, 2.05) is 0 Å². The third kappa shape index (κ3) is 4.07. The predicted molar refractivity (Wildman–Crippen MR) is 66.3 cm³/mol. The zero-order valence-electron chi connectivity index (χ0n) is 10.5. The summed E-state index contributed by atoms with van der Waals surface area (Å²) in [6.07, 6.45) is 0.183. The van der Waals surface area contributed by atoms with Crippen molar-refractivity contribution in [2.75, 3.05) is 20.7 Å². The lowest BCUT2D eigenvalue weighted by atomic mass is 10.2. The number of nitrogens with zero attached hydrogens (tertiary/aromatic N) is 1. The fourth-order valence-corrected chi connectivity index (χ4v) is 1.46. The van der Waals surface area contributed by atoms with Crippen LogP contribution < -0.4 is 4.74 Å². The van der Waals surface area contributed by atoms with E-state index in [-0.39, 0.29) is 5.91 Å². The van der Waals surface area contributed by atoms with Gasteiger partial charge in [0.05, 0.1) is 13.2 Å². The number of amides is 1. The van der Waals surface area contributed by atoms with Gasteiger partial charge in [-0.1, -0.05) is 6.07 Å². The summed E-state index contributed by atoms with van der Waals surface area (Å²) in [6.45, 7) is 2.25. The molecule has 94 valence electrons. The van der Waals surface area contributed by atoms with Crippen molar-refractivity contribution in [3.05, 3.63) is 29.8 Å². The van der Waals surface area contributed by atoms with Gasteiger partial charge >= 0.3 is 0 Å². The second-order valence-electron chi connectivity index (χ2n) is 4.10. The third-order valence-electron chi connectivity index (χ3n) is 2.55. The first kappa shape index (κ1) is 13.5. The van der Waals surface area contributed by atoms with Crippen LogP contribution in [0.3, 0.4) is 0 Å². The topological polar surface area (TPSA) is 49.8 Å². The maximum Gasteiger partial charge on any atom is 0.253 e. The molecule has 1 aromatic rings. The minimum absolute atomic E-state index is 0.0652. The van der Waals surface area contributed by atoms with Crippen LogP contribution in [0.25, 0.3) is 0 Å². The average Bonchev–Trinajstić information content (AvgIpc) is 2.35. The lowest BCUT2D eigenvalue weighted by Gasteiger charge is -2.18. The van der Waals surface area contributed by atoms with Crippen LogP contribution in [0.1, 0.15) is 23.7 Å². The fourth-order valence-electron chi connectivity index (χ4n) is 1.46. The molecule has 1 rings (SSSR count). The molecule has 1 amide bonds. The van der Waals surface area contributed by atoms with Gasteiger partial charge in [0.15, 0.2) is 0 Å². The largest absolute Gasteiger partial charge is 0.497 e. The number of carbonyl (C=O) groups excluding carboxylic acids is 1. The minimum atomic E-state index is -0.393. The third-order valence-corrected chi connectivity index (χ3v) is 2.55. The van der Waals surface area contributed by atoms with Gasteiger partial charge in [-0.15, -0.1) is 0 Å². The van der Waals surface area contributed by atoms with Crippen molar-refractivity contribution in [2.45, 2.75) is 19.4 Å². The van der Waals surface area contributed by atoms with Gasteiger partial charge in [0.2, 0.25) is 0 Å². The van der Waals surface area contributed by atoms with Gasteiger partial charge in [-0.25, -0.2) is 0 Å². The molecule has 17 heavy (non-hydrogen) atoms. The number of methoxy groups -OCH3 is 1. The molecule has 1 aromatic carbocycles. The van der Waals surface area contributed by atoms with E-state index in [1.165, 1.54) is 0 Å². The van der Waals surface area contributed by atoms with E-state index in [4.69, 9.17) is 4.74 Å². The van der Waals surface area contributed by atoms with E-state index >= 15 is 0 Å². The summed E-state index contributed by atoms with van der Waals surface area (Å²) in [5, 5.41) is 9.18. The molecule has 0 spiro atoms. The highest BCUT2D eigenvalue weighted by atomic mass is 16.5. The maximum atomic E-state index is 12.0. The predicted octanol–water partition coefficient (Wildman–Crippen LogP) is 1.54. The molecule has 0 aromatic heterocycles. The van der Waals surface area contributed by atoms with E-state index in [1.54, 1.807) is 50.2 Å². The van der Waals surface area contributed by atoms with Crippen molar-refractivity contribution in [1.82, 2.24) is 4.90 Å². The normalized spacial score (nSPS) is 12.0. The Bertz CT molecular complexity index is 377. The fraction of sp³-hybridized carbons (Fsp3) is 0.462. The average molecular weight is 237 g/mol. The van der Waals surface area contributed by atoms with Gasteiger partial charge in [-0.2, -0.15) is 0 Å². The molecule has 0 radical (unpaired) electrons. The highest BCUT2D eigenvalue weighted by Gasteiger charge is 2.12. The second kappa shape index (κ2) is 6.25. The monoisotopic (exact) mass is 237 g/mol. The van der Waals surface area contributed by atoms with Gasteiger partial charge in [0.25, 0.3) is 5.91 Å². The lowest BCUT2D eigenvalue weighted by Crippen LogP contribution is -2.29. The van der Waals surface area contributed by atoms with Crippen LogP contribution in [0.4, 0.5) is 0 Å². The molecule has 0 heterocycles. The standard InChI is InChI=1S/C13H19NO3/c1-10(15)7-8-14(2)13(16)11-5-4-6-12(9-11)17-3/h4-6,9-10,15H,7-8H2,1-3H3. The Morgan fingerprint density at radius 1 is 1.53 bits per heavy atom. The van der Waals surface area contributed by atoms with Crippen LogP contribution >= 0.6 is 0 Å². The number of aliphatic hydroxyl groups is 1. The highest BCUT2D eigenvalue weighted by molar-refractivity contribution is 5.94. The van der Waals surface area contributed by atoms with Crippen molar-refractivity contribution in [2.24, 2.45) is 0 Å². The molecular weight excluding hydrogens is 218 g/mol. The molecule has 0 saturated carbocycles. The van der Waals surface area contributed by atoms with Gasteiger partial charge in [0, 0.05) is 19.2 Å². The molecule has 1 atom stereocenters. The quantitative estimate of drug-likeness (QED) is 0.845. The van der Waals surface area contributed by atoms with Crippen molar-refractivity contribution in [3.8, 4) is 5.75 Å². The molecule has 0 saturated heterocycles. The van der Waals surface area contributed by atoms with Gasteiger partial charge in [-0.05, 0) is 31.5 Å². The van der Waals surface area contributed by atoms with Crippen molar-refractivity contribution < 1.29 is 14.6 Å². The summed E-state index contributed by atoms with van der Waals surface area (Å²) in [6, 6.07) is 7.05. The minimum Gasteiger partial charge on any atom is -0.497 e. The first-order valence-corrected chi connectivity index (χ1v) is 5.62. The van der Waals surface area contributed by atoms with E-state index in [0.717, 1.165) is 0 Å². The molecule has 1 N–H and O–H groups in total. The van der Waals surface area contributed by atoms with E-state index in [9.17, 15) is 9.90 Å². The van der Waals surface area contributed by atoms with Crippen LogP contribution in [0, 0.1) is 0 Å². The van der Waals surface area contributed by atoms with Crippen LogP contribution in [0.15, 0.2) is 24.3 Å². The van der Waals surface area contributed by atoms with Crippen molar-refractivity contribution in [1.29, 1.82) is 0 Å². The Morgan fingerprint density at radius 2 is 2.24 bits per heavy atom. The molecule has 0 aliphatic heterocycles. The summed E-state index contributed by atoms with van der Waals surface area (Å²) >= 11 is 0. The molecule has 0 bridgehead atoms. The molecule has 0 aliphatic rings. The Labute approximate surface area is 102 Å². The van der Waals surface area contributed by atoms with Crippen molar-refractivity contribution in [3.63, 3.8) is 0 Å². The van der Waals surface area contributed by atoms with Gasteiger partial charge in [0.1, 0.15) is 5.75 Å². The number of hydrogen-bond donors (Lipinski definition) is 1. The first-order valence-electron chi connectivity index (χ1n) is 5.62. The molecule has 4 heteroatoms. The summed E-state index contributed by atoms with van der Waals surface area (Å²) in [7, 11) is 3.30. The second-order valence-corrected chi connectivity index (χ2v) is 4.10. The zero-order valence-corrected chi connectivity index (χ0v) is 10.5. The Balaban J connectivity index is 2.67. The Hall–Kier alpha value is -1.55. The summed E-state index contributed by atoms with van der Waals surface area (Å²) < 4.78 is 5.07. The first-order chi connectivity index (χ1) is 8.04. The number of benzene rings is 1. The molecule has 0 fully saturated rings. The van der Waals surface area contributed by atoms with E-state index < -0.39 is 6.10 Å². The number of carbonyl (C=O) groups is 1. The summed E-state index contributed by atoms with van der Waals surface area (Å²) in [5.41, 5.74) is 0.595. The van der Waals surface area contributed by atoms with Crippen LogP contribution in [-0.4, -0.2) is 42.7 Å². The number of hydrogen-bond acceptors (Lipinski definition) is 3. The number of rotatable bonds is 5. The van der Waals surface area contributed by atoms with Crippen LogP contribution in [0.5, 0.6) is 5.75 Å². The maximum absolute atomic E-state index is 12.0. The van der Waals surface area contributed by atoms with Gasteiger partial charge < -0.3 is 14.7 Å². The molecule has 1 unspecified atom stereocenters. The summed E-state index contributed by atoms with van der Waals surface area (Å²) in [5.74, 6) is 0.601. The molecular formula is C13H19NO3. The van der Waals surface area contributed by atoms with Gasteiger partial charge in [-0.3, -0.25) is 4.79 Å². The van der Waals surface area contributed by atoms with E-state index in [2.05, 4.69) is 0 Å². The van der Waals surface area contributed by atoms with Crippen LogP contribution in [0.2, 0.25) is 0 Å². The highest BCUT2D eigenvalue weighted by Crippen LogP contribution is 2.14. The number of ether oxygens (including phenoxy) is 1. The van der Waals surface area contributed by atoms with E-state index in [0.29, 0.717) is 24.3 Å². The Kier molecular flexibility index (Phi) is 4.97. The molecule has 0 aliphatic carbocycles. The summed E-state index contributed by atoms with van der Waals surface area (Å²) in [4.78, 5) is 13.6. The lowest BCUT2D eigenvalue weighted by molar-refractivity contribution is 0.0768. The zero-order chi connectivity index (χ0) is 12.8. The smallest absolute Gasteiger partial charge is 0.253 e. The SMILES string of the molecule is COc1cccc(C(=O)N(C)CCC(C)O)c1. The van der Waals surface area contributed by atoms with Crippen molar-refractivity contribution >= 4 is 5.91 Å².